The van der Waals surface area contributed by atoms with Gasteiger partial charge >= 0.3 is 0 Å². The Morgan fingerprint density at radius 2 is 2.21 bits per heavy atom. The fourth-order valence-corrected chi connectivity index (χ4v) is 1.86. The lowest BCUT2D eigenvalue weighted by Gasteiger charge is -2.09. The lowest BCUT2D eigenvalue weighted by atomic mass is 10.2. The van der Waals surface area contributed by atoms with E-state index in [1.807, 2.05) is 19.1 Å². The average molecular weight is 321 g/mol. The number of hydrogen-bond donors (Lipinski definition) is 0. The van der Waals surface area contributed by atoms with Gasteiger partial charge in [0, 0.05) is 17.1 Å². The highest BCUT2D eigenvalue weighted by molar-refractivity contribution is 9.08. The summed E-state index contributed by atoms with van der Waals surface area (Å²) in [5.41, 5.74) is 2.09. The monoisotopic (exact) mass is 320 g/mol. The van der Waals surface area contributed by atoms with Crippen LogP contribution in [0.2, 0.25) is 0 Å². The summed E-state index contributed by atoms with van der Waals surface area (Å²) >= 11 is 3.34. The second kappa shape index (κ2) is 5.81. The van der Waals surface area contributed by atoms with Crippen molar-refractivity contribution in [2.75, 3.05) is 0 Å². The normalized spacial score (nSPS) is 10.0. The second-order valence-electron chi connectivity index (χ2n) is 3.96. The van der Waals surface area contributed by atoms with E-state index < -0.39 is 5.82 Å². The number of alkyl halides is 1. The lowest BCUT2D eigenvalue weighted by molar-refractivity contribution is 0.424. The molecule has 0 saturated heterocycles. The van der Waals surface area contributed by atoms with Crippen LogP contribution in [-0.2, 0) is 5.33 Å². The molecule has 0 N–H and O–H groups in total. The van der Waals surface area contributed by atoms with Gasteiger partial charge in [0.25, 0.3) is 0 Å². The minimum absolute atomic E-state index is 0.0567. The van der Waals surface area contributed by atoms with E-state index in [1.54, 1.807) is 6.20 Å². The van der Waals surface area contributed by atoms with Crippen LogP contribution in [0.4, 0.5) is 4.39 Å². The summed E-state index contributed by atoms with van der Waals surface area (Å²) in [6, 6.07) is 7.85. The molecule has 1 heterocycles. The molecule has 1 aromatic heterocycles. The summed E-state index contributed by atoms with van der Waals surface area (Å²) in [6.45, 7) is 1.84. The van der Waals surface area contributed by atoms with E-state index in [1.165, 1.54) is 12.1 Å². The van der Waals surface area contributed by atoms with Crippen molar-refractivity contribution in [1.29, 1.82) is 5.26 Å². The number of nitriles is 1. The van der Waals surface area contributed by atoms with Crippen LogP contribution in [0.1, 0.15) is 16.7 Å². The standard InChI is InChI=1S/C14H10BrFN2O/c1-9-4-11(6-15)8-18-14(9)19-13-3-2-10(7-17)5-12(13)16/h2-5,8H,6H2,1H3. The van der Waals surface area contributed by atoms with E-state index in [4.69, 9.17) is 10.00 Å². The van der Waals surface area contributed by atoms with Crippen molar-refractivity contribution in [3.05, 3.63) is 53.0 Å². The Hall–Kier alpha value is -1.93. The highest BCUT2D eigenvalue weighted by Crippen LogP contribution is 2.26. The summed E-state index contributed by atoms with van der Waals surface area (Å²) in [7, 11) is 0. The van der Waals surface area contributed by atoms with Gasteiger partial charge in [-0.1, -0.05) is 15.9 Å². The third kappa shape index (κ3) is 3.09. The molecule has 5 heteroatoms. The van der Waals surface area contributed by atoms with Gasteiger partial charge in [-0.3, -0.25) is 0 Å². The number of halogens is 2. The van der Waals surface area contributed by atoms with Crippen LogP contribution in [0, 0.1) is 24.1 Å². The Morgan fingerprint density at radius 1 is 1.42 bits per heavy atom. The molecule has 0 radical (unpaired) electrons. The smallest absolute Gasteiger partial charge is 0.222 e. The molecule has 0 aliphatic carbocycles. The van der Waals surface area contributed by atoms with E-state index in [9.17, 15) is 4.39 Å². The molecule has 0 spiro atoms. The first kappa shape index (κ1) is 13.5. The number of ether oxygens (including phenoxy) is 1. The largest absolute Gasteiger partial charge is 0.436 e. The number of benzene rings is 1. The molecule has 19 heavy (non-hydrogen) atoms. The molecule has 2 aromatic rings. The van der Waals surface area contributed by atoms with Crippen LogP contribution in [0.5, 0.6) is 11.6 Å². The first-order valence-electron chi connectivity index (χ1n) is 5.53. The molecule has 2 rings (SSSR count). The number of nitrogens with zero attached hydrogens (tertiary/aromatic N) is 2. The third-order valence-electron chi connectivity index (χ3n) is 2.51. The Morgan fingerprint density at radius 3 is 2.79 bits per heavy atom. The minimum atomic E-state index is -0.579. The zero-order chi connectivity index (χ0) is 13.8. The van der Waals surface area contributed by atoms with Gasteiger partial charge in [0.1, 0.15) is 0 Å². The molecule has 0 amide bonds. The summed E-state index contributed by atoms with van der Waals surface area (Å²) in [5.74, 6) is -0.167. The van der Waals surface area contributed by atoms with Crippen LogP contribution < -0.4 is 4.74 Å². The Kier molecular flexibility index (Phi) is 4.13. The van der Waals surface area contributed by atoms with Crippen LogP contribution in [0.25, 0.3) is 0 Å². The van der Waals surface area contributed by atoms with E-state index >= 15 is 0 Å². The molecule has 0 aliphatic heterocycles. The van der Waals surface area contributed by atoms with Crippen molar-refractivity contribution in [3.8, 4) is 17.7 Å². The summed E-state index contributed by atoms with van der Waals surface area (Å²) in [5, 5.41) is 9.37. The van der Waals surface area contributed by atoms with Gasteiger partial charge in [0.05, 0.1) is 11.6 Å². The highest BCUT2D eigenvalue weighted by atomic mass is 79.9. The number of aromatic nitrogens is 1. The van der Waals surface area contributed by atoms with Crippen molar-refractivity contribution in [1.82, 2.24) is 4.98 Å². The molecule has 0 aliphatic rings. The molecular weight excluding hydrogens is 311 g/mol. The van der Waals surface area contributed by atoms with Gasteiger partial charge in [0.15, 0.2) is 11.6 Å². The van der Waals surface area contributed by atoms with Crippen molar-refractivity contribution < 1.29 is 9.13 Å². The summed E-state index contributed by atoms with van der Waals surface area (Å²) in [6.07, 6.45) is 1.67. The van der Waals surface area contributed by atoms with Gasteiger partial charge in [-0.15, -0.1) is 0 Å². The van der Waals surface area contributed by atoms with Crippen molar-refractivity contribution in [2.45, 2.75) is 12.3 Å². The molecule has 0 saturated carbocycles. The zero-order valence-corrected chi connectivity index (χ0v) is 11.7. The lowest BCUT2D eigenvalue weighted by Crippen LogP contribution is -1.95. The molecule has 0 fully saturated rings. The Labute approximate surface area is 118 Å². The quantitative estimate of drug-likeness (QED) is 0.800. The van der Waals surface area contributed by atoms with Gasteiger partial charge < -0.3 is 4.74 Å². The molecule has 1 aromatic carbocycles. The number of hydrogen-bond acceptors (Lipinski definition) is 3. The maximum atomic E-state index is 13.7. The molecule has 0 bridgehead atoms. The maximum Gasteiger partial charge on any atom is 0.222 e. The van der Waals surface area contributed by atoms with E-state index in [-0.39, 0.29) is 11.3 Å². The average Bonchev–Trinajstić information content (AvgIpc) is 2.42. The number of pyridine rings is 1. The van der Waals surface area contributed by atoms with E-state index in [2.05, 4.69) is 20.9 Å². The molecule has 0 unspecified atom stereocenters. The van der Waals surface area contributed by atoms with Gasteiger partial charge in [-0.05, 0) is 36.8 Å². The fourth-order valence-electron chi connectivity index (χ4n) is 1.56. The fraction of sp³-hybridized carbons (Fsp3) is 0.143. The number of rotatable bonds is 3. The van der Waals surface area contributed by atoms with Gasteiger partial charge in [0.2, 0.25) is 5.88 Å². The SMILES string of the molecule is Cc1cc(CBr)cnc1Oc1ccc(C#N)cc1F. The molecule has 0 atom stereocenters. The highest BCUT2D eigenvalue weighted by Gasteiger charge is 2.09. The van der Waals surface area contributed by atoms with Crippen LogP contribution in [0.3, 0.4) is 0 Å². The minimum Gasteiger partial charge on any atom is -0.436 e. The Bertz CT molecular complexity index is 652. The van der Waals surface area contributed by atoms with Crippen molar-refractivity contribution >= 4 is 15.9 Å². The van der Waals surface area contributed by atoms with Crippen molar-refractivity contribution in [3.63, 3.8) is 0 Å². The van der Waals surface area contributed by atoms with Crippen molar-refractivity contribution in [2.24, 2.45) is 0 Å². The first-order chi connectivity index (χ1) is 9.13. The zero-order valence-electron chi connectivity index (χ0n) is 10.2. The van der Waals surface area contributed by atoms with Gasteiger partial charge in [-0.2, -0.15) is 5.26 Å². The molecule has 3 nitrogen and oxygen atoms in total. The summed E-state index contributed by atoms with van der Waals surface area (Å²) in [4.78, 5) is 4.14. The Balaban J connectivity index is 2.29. The molecular formula is C14H10BrFN2O. The number of aryl methyl sites for hydroxylation is 1. The third-order valence-corrected chi connectivity index (χ3v) is 3.16. The van der Waals surface area contributed by atoms with E-state index in [0.717, 1.165) is 17.2 Å². The molecule has 96 valence electrons. The maximum absolute atomic E-state index is 13.7. The van der Waals surface area contributed by atoms with E-state index in [0.29, 0.717) is 11.2 Å². The van der Waals surface area contributed by atoms with Crippen LogP contribution in [0.15, 0.2) is 30.5 Å². The first-order valence-corrected chi connectivity index (χ1v) is 6.65. The predicted octanol–water partition coefficient (Wildman–Crippen LogP) is 4.09. The van der Waals surface area contributed by atoms with Crippen LogP contribution in [-0.4, -0.2) is 4.98 Å². The summed E-state index contributed by atoms with van der Waals surface area (Å²) < 4.78 is 19.1. The van der Waals surface area contributed by atoms with Crippen LogP contribution >= 0.6 is 15.9 Å². The predicted molar refractivity (Wildman–Crippen MR) is 72.8 cm³/mol. The second-order valence-corrected chi connectivity index (χ2v) is 4.52. The van der Waals surface area contributed by atoms with Gasteiger partial charge in [-0.25, -0.2) is 9.37 Å². The topological polar surface area (TPSA) is 45.9 Å².